The fraction of sp³-hybridized carbons (Fsp3) is 0.292. The number of hydrogen-bond acceptors (Lipinski definition) is 3. The van der Waals surface area contributed by atoms with Crippen LogP contribution >= 0.6 is 0 Å². The average molecular weight is 374 g/mol. The van der Waals surface area contributed by atoms with Crippen molar-refractivity contribution in [3.63, 3.8) is 0 Å². The summed E-state index contributed by atoms with van der Waals surface area (Å²) in [7, 11) is 1.39. The first-order chi connectivity index (χ1) is 13.7. The summed E-state index contributed by atoms with van der Waals surface area (Å²) >= 11 is 0. The Morgan fingerprint density at radius 1 is 1.11 bits per heavy atom. The predicted molar refractivity (Wildman–Crippen MR) is 113 cm³/mol. The molecule has 1 atom stereocenters. The van der Waals surface area contributed by atoms with Crippen LogP contribution in [0.4, 0.5) is 0 Å². The van der Waals surface area contributed by atoms with Crippen molar-refractivity contribution in [2.45, 2.75) is 25.4 Å². The van der Waals surface area contributed by atoms with Crippen molar-refractivity contribution in [3.8, 4) is 0 Å². The maximum Gasteiger partial charge on any atom is 0.330 e. The first kappa shape index (κ1) is 18.5. The van der Waals surface area contributed by atoms with E-state index in [-0.39, 0.29) is 5.97 Å². The first-order valence-electron chi connectivity index (χ1n) is 9.88. The Kier molecular flexibility index (Phi) is 5.58. The zero-order valence-corrected chi connectivity index (χ0v) is 16.3. The van der Waals surface area contributed by atoms with Gasteiger partial charge in [-0.05, 0) is 54.1 Å². The fourth-order valence-corrected chi connectivity index (χ4v) is 4.10. The van der Waals surface area contributed by atoms with Crippen LogP contribution in [-0.2, 0) is 16.1 Å². The molecule has 4 rings (SSSR count). The molecule has 0 N–H and O–H groups in total. The minimum Gasteiger partial charge on any atom is -0.466 e. The van der Waals surface area contributed by atoms with E-state index in [0.717, 1.165) is 25.2 Å². The highest BCUT2D eigenvalue weighted by molar-refractivity contribution is 5.86. The average Bonchev–Trinajstić information content (AvgIpc) is 3.37. The van der Waals surface area contributed by atoms with Crippen molar-refractivity contribution in [1.82, 2.24) is 9.47 Å². The van der Waals surface area contributed by atoms with E-state index >= 15 is 0 Å². The van der Waals surface area contributed by atoms with Crippen molar-refractivity contribution in [3.05, 3.63) is 78.0 Å². The Morgan fingerprint density at radius 3 is 2.75 bits per heavy atom. The Balaban J connectivity index is 1.42. The van der Waals surface area contributed by atoms with Gasteiger partial charge in [-0.1, -0.05) is 42.5 Å². The van der Waals surface area contributed by atoms with Gasteiger partial charge in [0.2, 0.25) is 0 Å². The van der Waals surface area contributed by atoms with Crippen molar-refractivity contribution in [1.29, 1.82) is 0 Å². The third kappa shape index (κ3) is 4.02. The Labute approximate surface area is 166 Å². The van der Waals surface area contributed by atoms with Gasteiger partial charge in [-0.25, -0.2) is 4.79 Å². The SMILES string of the molecule is COC(=O)C=Cc1ccc([C@@H]2CCCN2CCn2ccc3ccccc32)cc1. The molecule has 2 aromatic carbocycles. The van der Waals surface area contributed by atoms with Crippen molar-refractivity contribution in [2.24, 2.45) is 0 Å². The van der Waals surface area contributed by atoms with Gasteiger partial charge < -0.3 is 9.30 Å². The van der Waals surface area contributed by atoms with Gasteiger partial charge in [0.05, 0.1) is 7.11 Å². The van der Waals surface area contributed by atoms with Crippen LogP contribution in [0.2, 0.25) is 0 Å². The Morgan fingerprint density at radius 2 is 1.93 bits per heavy atom. The molecular formula is C24H26N2O2. The van der Waals surface area contributed by atoms with Crippen LogP contribution in [0, 0.1) is 0 Å². The Hall–Kier alpha value is -2.85. The molecule has 4 nitrogen and oxygen atoms in total. The van der Waals surface area contributed by atoms with Crippen LogP contribution in [0.5, 0.6) is 0 Å². The smallest absolute Gasteiger partial charge is 0.330 e. The number of benzene rings is 2. The minimum atomic E-state index is -0.330. The maximum atomic E-state index is 11.2. The number of hydrogen-bond donors (Lipinski definition) is 0. The summed E-state index contributed by atoms with van der Waals surface area (Å²) in [6.07, 6.45) is 7.88. The highest BCUT2D eigenvalue weighted by atomic mass is 16.5. The maximum absolute atomic E-state index is 11.2. The molecule has 0 radical (unpaired) electrons. The van der Waals surface area contributed by atoms with Crippen LogP contribution < -0.4 is 0 Å². The van der Waals surface area contributed by atoms with Crippen LogP contribution in [0.1, 0.15) is 30.0 Å². The standard InChI is InChI=1S/C24H26N2O2/c1-28-24(27)13-10-19-8-11-21(12-9-19)23-7-4-15-25(23)17-18-26-16-14-20-5-2-3-6-22(20)26/h2-3,5-6,8-14,16,23H,4,7,15,17-18H2,1H3/t23-/m0/s1. The molecule has 1 aromatic heterocycles. The fourth-order valence-electron chi connectivity index (χ4n) is 4.10. The second kappa shape index (κ2) is 8.44. The molecule has 3 aromatic rings. The predicted octanol–water partition coefficient (Wildman–Crippen LogP) is 4.66. The third-order valence-corrected chi connectivity index (χ3v) is 5.61. The molecule has 144 valence electrons. The van der Waals surface area contributed by atoms with Crippen LogP contribution in [0.15, 0.2) is 66.9 Å². The second-order valence-corrected chi connectivity index (χ2v) is 7.29. The lowest BCUT2D eigenvalue weighted by Crippen LogP contribution is -2.27. The van der Waals surface area contributed by atoms with Crippen LogP contribution in [-0.4, -0.2) is 35.6 Å². The number of esters is 1. The largest absolute Gasteiger partial charge is 0.466 e. The molecule has 0 aliphatic carbocycles. The molecule has 1 fully saturated rings. The van der Waals surface area contributed by atoms with E-state index in [0.29, 0.717) is 6.04 Å². The lowest BCUT2D eigenvalue weighted by molar-refractivity contribution is -0.134. The van der Waals surface area contributed by atoms with E-state index in [9.17, 15) is 4.79 Å². The molecule has 1 aliphatic heterocycles. The highest BCUT2D eigenvalue weighted by Crippen LogP contribution is 2.32. The van der Waals surface area contributed by atoms with Crippen LogP contribution in [0.25, 0.3) is 17.0 Å². The topological polar surface area (TPSA) is 34.5 Å². The molecular weight excluding hydrogens is 348 g/mol. The number of nitrogens with zero attached hydrogens (tertiary/aromatic N) is 2. The molecule has 0 unspecified atom stereocenters. The van der Waals surface area contributed by atoms with Gasteiger partial charge in [0.1, 0.15) is 0 Å². The molecule has 1 saturated heterocycles. The number of rotatable bonds is 6. The minimum absolute atomic E-state index is 0.330. The zero-order chi connectivity index (χ0) is 19.3. The normalized spacial score (nSPS) is 17.5. The van der Waals surface area contributed by atoms with Gasteiger partial charge in [-0.2, -0.15) is 0 Å². The molecule has 4 heteroatoms. The zero-order valence-electron chi connectivity index (χ0n) is 16.3. The summed E-state index contributed by atoms with van der Waals surface area (Å²) in [6.45, 7) is 3.20. The van der Waals surface area contributed by atoms with E-state index in [2.05, 4.69) is 75.0 Å². The number of carbonyl (C=O) groups is 1. The Bertz CT molecular complexity index is 972. The van der Waals surface area contributed by atoms with Gasteiger partial charge in [0.25, 0.3) is 0 Å². The van der Waals surface area contributed by atoms with Gasteiger partial charge in [0.15, 0.2) is 0 Å². The van der Waals surface area contributed by atoms with Gasteiger partial charge >= 0.3 is 5.97 Å². The van der Waals surface area contributed by atoms with E-state index in [1.807, 2.05) is 0 Å². The number of aromatic nitrogens is 1. The monoisotopic (exact) mass is 374 g/mol. The quantitative estimate of drug-likeness (QED) is 0.465. The van der Waals surface area contributed by atoms with E-state index < -0.39 is 0 Å². The number of methoxy groups -OCH3 is 1. The van der Waals surface area contributed by atoms with E-state index in [1.54, 1.807) is 6.08 Å². The molecule has 2 heterocycles. The summed E-state index contributed by atoms with van der Waals surface area (Å²) in [5, 5.41) is 1.30. The summed E-state index contributed by atoms with van der Waals surface area (Å²) in [5.74, 6) is -0.330. The summed E-state index contributed by atoms with van der Waals surface area (Å²) in [5.41, 5.74) is 3.67. The summed E-state index contributed by atoms with van der Waals surface area (Å²) in [6, 6.07) is 19.7. The number of fused-ring (bicyclic) bond motifs is 1. The van der Waals surface area contributed by atoms with Crippen molar-refractivity contribution in [2.75, 3.05) is 20.2 Å². The third-order valence-electron chi connectivity index (χ3n) is 5.61. The molecule has 0 amide bonds. The molecule has 0 saturated carbocycles. The lowest BCUT2D eigenvalue weighted by atomic mass is 10.0. The molecule has 1 aliphatic rings. The molecule has 28 heavy (non-hydrogen) atoms. The van der Waals surface area contributed by atoms with Crippen molar-refractivity contribution >= 4 is 22.9 Å². The number of likely N-dealkylation sites (tertiary alicyclic amines) is 1. The second-order valence-electron chi connectivity index (χ2n) is 7.29. The van der Waals surface area contributed by atoms with Gasteiger partial charge in [-0.3, -0.25) is 4.90 Å². The number of carbonyl (C=O) groups excluding carboxylic acids is 1. The molecule has 0 spiro atoms. The van der Waals surface area contributed by atoms with E-state index in [4.69, 9.17) is 0 Å². The number of para-hydroxylation sites is 1. The van der Waals surface area contributed by atoms with Crippen LogP contribution in [0.3, 0.4) is 0 Å². The number of ether oxygens (including phenoxy) is 1. The van der Waals surface area contributed by atoms with Gasteiger partial charge in [0, 0.05) is 36.9 Å². The van der Waals surface area contributed by atoms with E-state index in [1.165, 1.54) is 42.5 Å². The summed E-state index contributed by atoms with van der Waals surface area (Å²) in [4.78, 5) is 13.8. The lowest BCUT2D eigenvalue weighted by Gasteiger charge is -2.25. The van der Waals surface area contributed by atoms with Gasteiger partial charge in [-0.15, -0.1) is 0 Å². The molecule has 0 bridgehead atoms. The first-order valence-corrected chi connectivity index (χ1v) is 9.88. The van der Waals surface area contributed by atoms with Crippen molar-refractivity contribution < 1.29 is 9.53 Å². The summed E-state index contributed by atoms with van der Waals surface area (Å²) < 4.78 is 6.99. The highest BCUT2D eigenvalue weighted by Gasteiger charge is 2.25.